The molecule has 3 heterocycles. The Hall–Kier alpha value is -6.06. The average Bonchev–Trinajstić information content (AvgIpc) is 3.13. The van der Waals surface area contributed by atoms with Crippen molar-refractivity contribution in [3.63, 3.8) is 0 Å². The van der Waals surface area contributed by atoms with Crippen molar-refractivity contribution in [2.45, 2.75) is 19.3 Å². The van der Waals surface area contributed by atoms with Crippen LogP contribution in [0.5, 0.6) is 0 Å². The second-order valence-electron chi connectivity index (χ2n) is 13.2. The zero-order chi connectivity index (χ0) is 32.6. The van der Waals surface area contributed by atoms with Gasteiger partial charge in [-0.15, -0.1) is 0 Å². The zero-order valence-corrected chi connectivity index (χ0v) is 27.0. The lowest BCUT2D eigenvalue weighted by atomic mass is 9.74. The highest BCUT2D eigenvalue weighted by atomic mass is 15.2. The number of hydrogen-bond donors (Lipinski definition) is 0. The molecule has 228 valence electrons. The Balaban J connectivity index is 1.14. The van der Waals surface area contributed by atoms with E-state index < -0.39 is 0 Å². The number of anilines is 3. The molecule has 1 aliphatic rings. The number of rotatable bonds is 4. The Morgan fingerprint density at radius 3 is 2.17 bits per heavy atom. The van der Waals surface area contributed by atoms with Gasteiger partial charge in [-0.05, 0) is 113 Å². The van der Waals surface area contributed by atoms with Crippen molar-refractivity contribution in [3.05, 3.63) is 162 Å². The van der Waals surface area contributed by atoms with Crippen molar-refractivity contribution in [1.82, 2.24) is 9.97 Å². The maximum absolute atomic E-state index is 4.83. The van der Waals surface area contributed by atoms with Gasteiger partial charge in [0.2, 0.25) is 0 Å². The highest BCUT2D eigenvalue weighted by Crippen LogP contribution is 2.51. The Morgan fingerprint density at radius 2 is 1.35 bits per heavy atom. The molecule has 8 aromatic rings. The standard InChI is InChI=1S/C45H33N3/c1-5-29-17-21-37-36(20-18-30-12-11-28(2)42(29)43(30)37)35-16-15-31-25-32(13-14-33(31)26-35)34-19-22-40-39(27-34)45(3,4)38-9-8-24-47-44(38)48(40)41-10-6-7-23-46-41/h5-27H,1-2H2,3-4H3. The lowest BCUT2D eigenvalue weighted by Gasteiger charge is -2.40. The quantitative estimate of drug-likeness (QED) is 0.197. The average molecular weight is 616 g/mol. The molecule has 0 fully saturated rings. The van der Waals surface area contributed by atoms with Crippen LogP contribution < -0.4 is 10.1 Å². The van der Waals surface area contributed by atoms with Crippen LogP contribution in [-0.2, 0) is 5.41 Å². The van der Waals surface area contributed by atoms with Crippen LogP contribution in [-0.4, -0.2) is 9.97 Å². The van der Waals surface area contributed by atoms with E-state index in [0.717, 1.165) is 28.1 Å². The molecule has 0 atom stereocenters. The van der Waals surface area contributed by atoms with Crippen molar-refractivity contribution in [3.8, 4) is 22.3 Å². The monoisotopic (exact) mass is 615 g/mol. The fourth-order valence-electron chi connectivity index (χ4n) is 7.71. The van der Waals surface area contributed by atoms with Crippen LogP contribution in [0.15, 0.2) is 140 Å². The van der Waals surface area contributed by atoms with Gasteiger partial charge < -0.3 is 0 Å². The van der Waals surface area contributed by atoms with E-state index in [1.165, 1.54) is 65.7 Å². The first kappa shape index (κ1) is 28.2. The van der Waals surface area contributed by atoms with Crippen LogP contribution in [0.25, 0.3) is 67.2 Å². The van der Waals surface area contributed by atoms with E-state index in [4.69, 9.17) is 9.97 Å². The van der Waals surface area contributed by atoms with Gasteiger partial charge in [-0.25, -0.2) is 9.97 Å². The lowest BCUT2D eigenvalue weighted by Crippen LogP contribution is -2.31. The molecule has 0 spiro atoms. The van der Waals surface area contributed by atoms with Crippen molar-refractivity contribution in [2.24, 2.45) is 0 Å². The minimum atomic E-state index is -0.237. The molecule has 48 heavy (non-hydrogen) atoms. The van der Waals surface area contributed by atoms with Gasteiger partial charge in [-0.3, -0.25) is 4.90 Å². The zero-order valence-electron chi connectivity index (χ0n) is 27.0. The van der Waals surface area contributed by atoms with Crippen LogP contribution in [0.3, 0.4) is 0 Å². The summed E-state index contributed by atoms with van der Waals surface area (Å²) in [5.74, 6) is 1.79. The molecular formula is C45H33N3. The number of hydrogen-bond acceptors (Lipinski definition) is 3. The Kier molecular flexibility index (Phi) is 6.15. The number of aromatic nitrogens is 2. The van der Waals surface area contributed by atoms with Gasteiger partial charge in [0.25, 0.3) is 0 Å². The molecule has 0 bridgehead atoms. The molecule has 3 heteroatoms. The first-order chi connectivity index (χ1) is 23.4. The molecule has 0 saturated heterocycles. The molecule has 2 aromatic heterocycles. The maximum Gasteiger partial charge on any atom is 0.142 e. The normalized spacial score (nSPS) is 13.5. The largest absolute Gasteiger partial charge is 0.278 e. The Morgan fingerprint density at radius 1 is 0.625 bits per heavy atom. The van der Waals surface area contributed by atoms with E-state index in [9.17, 15) is 0 Å². The van der Waals surface area contributed by atoms with Gasteiger partial charge in [0.05, 0.1) is 5.69 Å². The summed E-state index contributed by atoms with van der Waals surface area (Å²) in [4.78, 5) is 11.7. The SMILES string of the molecule is C=Cc1ccc2c(-c3ccc4cc(-c5ccc6c(c5)C(C)(C)c5cccnc5N6c5ccccn5)ccc4c3)ccc3ccc(=C)c1c32. The van der Waals surface area contributed by atoms with Gasteiger partial charge in [0.1, 0.15) is 11.6 Å². The van der Waals surface area contributed by atoms with Crippen LogP contribution >= 0.6 is 0 Å². The minimum absolute atomic E-state index is 0.237. The lowest BCUT2D eigenvalue weighted by molar-refractivity contribution is 0.627. The number of pyridine rings is 2. The molecule has 0 N–H and O–H groups in total. The first-order valence-corrected chi connectivity index (χ1v) is 16.4. The first-order valence-electron chi connectivity index (χ1n) is 16.4. The van der Waals surface area contributed by atoms with Gasteiger partial charge in [0, 0.05) is 23.4 Å². The van der Waals surface area contributed by atoms with E-state index in [1.54, 1.807) is 0 Å². The van der Waals surface area contributed by atoms with Crippen LogP contribution in [0.4, 0.5) is 17.3 Å². The Labute approximate surface area is 280 Å². The topological polar surface area (TPSA) is 29.0 Å². The van der Waals surface area contributed by atoms with Crippen LogP contribution in [0.2, 0.25) is 0 Å². The predicted octanol–water partition coefficient (Wildman–Crippen LogP) is 11.2. The predicted molar refractivity (Wildman–Crippen MR) is 203 cm³/mol. The molecule has 6 aromatic carbocycles. The molecule has 0 unspecified atom stereocenters. The molecule has 1 aliphatic heterocycles. The summed E-state index contributed by atoms with van der Waals surface area (Å²) < 4.78 is 0. The summed E-state index contributed by atoms with van der Waals surface area (Å²) in [6.45, 7) is 13.0. The summed E-state index contributed by atoms with van der Waals surface area (Å²) in [5, 5.41) is 8.36. The third-order valence-corrected chi connectivity index (χ3v) is 10.2. The van der Waals surface area contributed by atoms with Gasteiger partial charge >= 0.3 is 0 Å². The van der Waals surface area contributed by atoms with Crippen molar-refractivity contribution in [1.29, 1.82) is 0 Å². The summed E-state index contributed by atoms with van der Waals surface area (Å²) in [6, 6.07) is 43.8. The maximum atomic E-state index is 4.83. The Bertz CT molecular complexity index is 2630. The summed E-state index contributed by atoms with van der Waals surface area (Å²) in [7, 11) is 0. The molecule has 3 nitrogen and oxygen atoms in total. The van der Waals surface area contributed by atoms with E-state index in [-0.39, 0.29) is 5.41 Å². The summed E-state index contributed by atoms with van der Waals surface area (Å²) in [6.07, 6.45) is 5.63. The van der Waals surface area contributed by atoms with E-state index >= 15 is 0 Å². The van der Waals surface area contributed by atoms with Crippen molar-refractivity contribution < 1.29 is 0 Å². The van der Waals surface area contributed by atoms with E-state index in [0.29, 0.717) is 0 Å². The molecule has 0 radical (unpaired) electrons. The molecular weight excluding hydrogens is 583 g/mol. The summed E-state index contributed by atoms with van der Waals surface area (Å²) >= 11 is 0. The van der Waals surface area contributed by atoms with Crippen molar-refractivity contribution >= 4 is 62.3 Å². The third-order valence-electron chi connectivity index (χ3n) is 10.2. The fourth-order valence-corrected chi connectivity index (χ4v) is 7.71. The van der Waals surface area contributed by atoms with E-state index in [2.05, 4.69) is 129 Å². The number of nitrogens with zero attached hydrogens (tertiary/aromatic N) is 3. The van der Waals surface area contributed by atoms with Gasteiger partial charge in [-0.1, -0.05) is 112 Å². The number of benzene rings is 6. The molecule has 0 amide bonds. The fraction of sp³-hybridized carbons (Fsp3) is 0.0667. The summed E-state index contributed by atoms with van der Waals surface area (Å²) in [5.41, 5.74) is 9.25. The highest BCUT2D eigenvalue weighted by molar-refractivity contribution is 6.17. The third kappa shape index (κ3) is 4.14. The van der Waals surface area contributed by atoms with E-state index in [1.807, 2.05) is 42.7 Å². The minimum Gasteiger partial charge on any atom is -0.278 e. The van der Waals surface area contributed by atoms with Crippen molar-refractivity contribution in [2.75, 3.05) is 4.90 Å². The van der Waals surface area contributed by atoms with Gasteiger partial charge in [0.15, 0.2) is 0 Å². The smallest absolute Gasteiger partial charge is 0.142 e. The molecule has 0 saturated carbocycles. The second kappa shape index (κ2) is 10.5. The van der Waals surface area contributed by atoms with Crippen LogP contribution in [0.1, 0.15) is 30.5 Å². The molecule has 9 rings (SSSR count). The molecule has 0 aliphatic carbocycles. The van der Waals surface area contributed by atoms with Gasteiger partial charge in [-0.2, -0.15) is 0 Å². The second-order valence-corrected chi connectivity index (χ2v) is 13.2. The van der Waals surface area contributed by atoms with Crippen LogP contribution in [0, 0.1) is 0 Å². The number of fused-ring (bicyclic) bond motifs is 3. The highest BCUT2D eigenvalue weighted by Gasteiger charge is 2.38.